The fourth-order valence-corrected chi connectivity index (χ4v) is 1.76. The van der Waals surface area contributed by atoms with Gasteiger partial charge in [0.2, 0.25) is 5.91 Å². The number of carboxylic acid groups (broad SMARTS) is 1. The van der Waals surface area contributed by atoms with Crippen LogP contribution in [-0.2, 0) is 14.4 Å². The quantitative estimate of drug-likeness (QED) is 0.784. The lowest BCUT2D eigenvalue weighted by atomic mass is 9.78. The van der Waals surface area contributed by atoms with Crippen LogP contribution in [0.1, 0.15) is 54.4 Å². The highest BCUT2D eigenvalue weighted by atomic mass is 16.4. The van der Waals surface area contributed by atoms with Crippen molar-refractivity contribution in [2.75, 3.05) is 6.54 Å². The third-order valence-electron chi connectivity index (χ3n) is 3.18. The number of hydrogen-bond donors (Lipinski definition) is 2. The number of Topliss-reactive ketones (excluding diaryl/α,β-unsaturated/α-hetero) is 1. The SMILES string of the molecule is CC(C)(C)C(=O)NCC(=O)CCC(C(=O)O)C(C)(C)C. The second-order valence-electron chi connectivity index (χ2n) is 7.27. The van der Waals surface area contributed by atoms with E-state index in [0.717, 1.165) is 0 Å². The molecule has 0 aromatic carbocycles. The molecule has 0 spiro atoms. The van der Waals surface area contributed by atoms with Gasteiger partial charge in [-0.25, -0.2) is 0 Å². The Morgan fingerprint density at radius 2 is 1.55 bits per heavy atom. The van der Waals surface area contributed by atoms with Crippen molar-refractivity contribution in [3.05, 3.63) is 0 Å². The maximum Gasteiger partial charge on any atom is 0.307 e. The maximum absolute atomic E-state index is 11.7. The van der Waals surface area contributed by atoms with Gasteiger partial charge < -0.3 is 10.4 Å². The van der Waals surface area contributed by atoms with Crippen LogP contribution in [0, 0.1) is 16.7 Å². The van der Waals surface area contributed by atoms with Crippen molar-refractivity contribution in [1.29, 1.82) is 0 Å². The van der Waals surface area contributed by atoms with Gasteiger partial charge in [-0.05, 0) is 11.8 Å². The van der Waals surface area contributed by atoms with Gasteiger partial charge in [0.15, 0.2) is 5.78 Å². The number of carboxylic acids is 1. The molecule has 0 aliphatic carbocycles. The molecule has 0 rings (SSSR count). The molecule has 0 saturated heterocycles. The van der Waals surface area contributed by atoms with Crippen LogP contribution >= 0.6 is 0 Å². The molecule has 0 fully saturated rings. The van der Waals surface area contributed by atoms with Crippen LogP contribution in [0.15, 0.2) is 0 Å². The van der Waals surface area contributed by atoms with Crippen molar-refractivity contribution in [2.45, 2.75) is 54.4 Å². The molecule has 0 heterocycles. The monoisotopic (exact) mass is 285 g/mol. The first-order chi connectivity index (χ1) is 8.85. The topological polar surface area (TPSA) is 83.5 Å². The van der Waals surface area contributed by atoms with Crippen LogP contribution in [0.5, 0.6) is 0 Å². The summed E-state index contributed by atoms with van der Waals surface area (Å²) < 4.78 is 0. The lowest BCUT2D eigenvalue weighted by Crippen LogP contribution is -2.38. The van der Waals surface area contributed by atoms with E-state index < -0.39 is 17.3 Å². The van der Waals surface area contributed by atoms with Gasteiger partial charge in [0, 0.05) is 11.8 Å². The van der Waals surface area contributed by atoms with E-state index in [1.54, 1.807) is 20.8 Å². The van der Waals surface area contributed by atoms with Crippen LogP contribution in [0.4, 0.5) is 0 Å². The van der Waals surface area contributed by atoms with Gasteiger partial charge in [-0.15, -0.1) is 0 Å². The Hall–Kier alpha value is -1.39. The number of carbonyl (C=O) groups excluding carboxylic acids is 2. The molecule has 1 atom stereocenters. The predicted octanol–water partition coefficient (Wildman–Crippen LogP) is 2.24. The van der Waals surface area contributed by atoms with E-state index in [9.17, 15) is 14.4 Å². The van der Waals surface area contributed by atoms with Crippen molar-refractivity contribution in [2.24, 2.45) is 16.7 Å². The van der Waals surface area contributed by atoms with Crippen molar-refractivity contribution in [3.8, 4) is 0 Å². The molecule has 0 aliphatic heterocycles. The standard InChI is InChI=1S/C15H27NO4/c1-14(2,3)11(12(18)19)8-7-10(17)9-16-13(20)15(4,5)6/h11H,7-9H2,1-6H3,(H,16,20)(H,18,19). The zero-order valence-electron chi connectivity index (χ0n) is 13.4. The van der Waals surface area contributed by atoms with Crippen molar-refractivity contribution in [3.63, 3.8) is 0 Å². The van der Waals surface area contributed by atoms with Crippen LogP contribution < -0.4 is 5.32 Å². The first-order valence-electron chi connectivity index (χ1n) is 6.88. The number of nitrogens with one attached hydrogen (secondary N) is 1. The summed E-state index contributed by atoms with van der Waals surface area (Å²) in [7, 11) is 0. The molecule has 116 valence electrons. The largest absolute Gasteiger partial charge is 0.481 e. The van der Waals surface area contributed by atoms with E-state index in [1.165, 1.54) is 0 Å². The Kier molecular flexibility index (Phi) is 6.38. The molecule has 2 N–H and O–H groups in total. The van der Waals surface area contributed by atoms with Gasteiger partial charge in [-0.3, -0.25) is 14.4 Å². The van der Waals surface area contributed by atoms with Crippen LogP contribution in [0.2, 0.25) is 0 Å². The highest BCUT2D eigenvalue weighted by Crippen LogP contribution is 2.29. The van der Waals surface area contributed by atoms with Gasteiger partial charge >= 0.3 is 5.97 Å². The van der Waals surface area contributed by atoms with E-state index >= 15 is 0 Å². The molecule has 0 radical (unpaired) electrons. The average Bonchev–Trinajstić information content (AvgIpc) is 2.22. The third kappa shape index (κ3) is 6.68. The van der Waals surface area contributed by atoms with Gasteiger partial charge in [-0.1, -0.05) is 41.5 Å². The second kappa shape index (κ2) is 6.86. The molecule has 5 nitrogen and oxygen atoms in total. The summed E-state index contributed by atoms with van der Waals surface area (Å²) in [4.78, 5) is 34.5. The predicted molar refractivity (Wildman–Crippen MR) is 77.3 cm³/mol. The fourth-order valence-electron chi connectivity index (χ4n) is 1.76. The Morgan fingerprint density at radius 1 is 1.05 bits per heavy atom. The normalized spacial score (nSPS) is 13.7. The number of carbonyl (C=O) groups is 3. The molecule has 0 aromatic rings. The highest BCUT2D eigenvalue weighted by Gasteiger charge is 2.31. The highest BCUT2D eigenvalue weighted by molar-refractivity contribution is 5.88. The summed E-state index contributed by atoms with van der Waals surface area (Å²) >= 11 is 0. The molecule has 0 aromatic heterocycles. The lowest BCUT2D eigenvalue weighted by Gasteiger charge is -2.26. The maximum atomic E-state index is 11.7. The van der Waals surface area contributed by atoms with Gasteiger partial charge in [0.1, 0.15) is 0 Å². The van der Waals surface area contributed by atoms with E-state index in [1.807, 2.05) is 20.8 Å². The van der Waals surface area contributed by atoms with E-state index in [4.69, 9.17) is 5.11 Å². The zero-order valence-corrected chi connectivity index (χ0v) is 13.4. The molecular weight excluding hydrogens is 258 g/mol. The second-order valence-corrected chi connectivity index (χ2v) is 7.27. The van der Waals surface area contributed by atoms with Crippen molar-refractivity contribution in [1.82, 2.24) is 5.32 Å². The average molecular weight is 285 g/mol. The molecule has 0 bridgehead atoms. The molecule has 0 aliphatic rings. The number of aliphatic carboxylic acids is 1. The molecule has 5 heteroatoms. The summed E-state index contributed by atoms with van der Waals surface area (Å²) in [5.74, 6) is -1.77. The zero-order chi connectivity index (χ0) is 16.1. The summed E-state index contributed by atoms with van der Waals surface area (Å²) in [5.41, 5.74) is -0.921. The van der Waals surface area contributed by atoms with E-state index in [-0.39, 0.29) is 30.1 Å². The smallest absolute Gasteiger partial charge is 0.307 e. The van der Waals surface area contributed by atoms with Crippen molar-refractivity contribution >= 4 is 17.7 Å². The van der Waals surface area contributed by atoms with Crippen LogP contribution in [0.3, 0.4) is 0 Å². The van der Waals surface area contributed by atoms with Crippen molar-refractivity contribution < 1.29 is 19.5 Å². The Bertz CT molecular complexity index is 374. The molecule has 1 unspecified atom stereocenters. The summed E-state index contributed by atoms with van der Waals surface area (Å²) in [5, 5.41) is 11.7. The number of ketones is 1. The molecule has 1 amide bonds. The fraction of sp³-hybridized carbons (Fsp3) is 0.800. The Labute approximate surface area is 121 Å². The van der Waals surface area contributed by atoms with E-state index in [0.29, 0.717) is 6.42 Å². The van der Waals surface area contributed by atoms with Gasteiger partial charge in [0.05, 0.1) is 12.5 Å². The molecule has 0 saturated carbocycles. The van der Waals surface area contributed by atoms with Gasteiger partial charge in [-0.2, -0.15) is 0 Å². The minimum absolute atomic E-state index is 0.0351. The molecule has 20 heavy (non-hydrogen) atoms. The minimum atomic E-state index is -0.885. The first kappa shape index (κ1) is 18.6. The molecular formula is C15H27NO4. The van der Waals surface area contributed by atoms with Gasteiger partial charge in [0.25, 0.3) is 0 Å². The number of amides is 1. The first-order valence-corrected chi connectivity index (χ1v) is 6.88. The summed E-state index contributed by atoms with van der Waals surface area (Å²) in [6.07, 6.45) is 0.460. The van der Waals surface area contributed by atoms with Crippen LogP contribution in [0.25, 0.3) is 0 Å². The third-order valence-corrected chi connectivity index (χ3v) is 3.18. The minimum Gasteiger partial charge on any atom is -0.481 e. The summed E-state index contributed by atoms with van der Waals surface area (Å²) in [6, 6.07) is 0. The summed E-state index contributed by atoms with van der Waals surface area (Å²) in [6.45, 7) is 10.8. The number of hydrogen-bond acceptors (Lipinski definition) is 3. The lowest BCUT2D eigenvalue weighted by molar-refractivity contribution is -0.146. The van der Waals surface area contributed by atoms with Crippen LogP contribution in [-0.4, -0.2) is 29.3 Å². The number of rotatable bonds is 6. The Balaban J connectivity index is 4.29. The Morgan fingerprint density at radius 3 is 1.90 bits per heavy atom. The van der Waals surface area contributed by atoms with E-state index in [2.05, 4.69) is 5.32 Å².